The van der Waals surface area contributed by atoms with Gasteiger partial charge in [-0.15, -0.1) is 0 Å². The van der Waals surface area contributed by atoms with Gasteiger partial charge in [0.2, 0.25) is 0 Å². The Morgan fingerprint density at radius 3 is 2.00 bits per heavy atom. The van der Waals surface area contributed by atoms with Gasteiger partial charge < -0.3 is 24.3 Å². The van der Waals surface area contributed by atoms with Crippen LogP contribution in [0.1, 0.15) is 11.1 Å². The minimum Gasteiger partial charge on any atom is -0.496 e. The minimum absolute atomic E-state index is 0.0798. The third-order valence-electron chi connectivity index (χ3n) is 3.66. The second kappa shape index (κ2) is 9.45. The zero-order valence-corrected chi connectivity index (χ0v) is 15.4. The highest BCUT2D eigenvalue weighted by Crippen LogP contribution is 2.34. The van der Waals surface area contributed by atoms with Crippen molar-refractivity contribution in [1.29, 1.82) is 0 Å². The lowest BCUT2D eigenvalue weighted by Crippen LogP contribution is -2.15. The molecule has 0 amide bonds. The van der Waals surface area contributed by atoms with Crippen LogP contribution in [0.2, 0.25) is 5.02 Å². The number of ether oxygens (including phenoxy) is 4. The molecule has 1 N–H and O–H groups in total. The summed E-state index contributed by atoms with van der Waals surface area (Å²) in [4.78, 5) is 0. The summed E-state index contributed by atoms with van der Waals surface area (Å²) in [7, 11) is 4.64. The van der Waals surface area contributed by atoms with Gasteiger partial charge in [-0.1, -0.05) is 11.6 Å². The lowest BCUT2D eigenvalue weighted by atomic mass is 10.1. The van der Waals surface area contributed by atoms with E-state index in [9.17, 15) is 8.78 Å². The fourth-order valence-corrected chi connectivity index (χ4v) is 2.65. The van der Waals surface area contributed by atoms with Gasteiger partial charge in [-0.25, -0.2) is 0 Å². The SMILES string of the molecule is COc1cc(OC)c(OC)cc1CNCc1cc(Cl)ccc1OC(F)F. The second-order valence-corrected chi connectivity index (χ2v) is 5.69. The number of benzene rings is 2. The number of nitrogens with one attached hydrogen (secondary N) is 1. The van der Waals surface area contributed by atoms with Crippen molar-refractivity contribution >= 4 is 11.6 Å². The Balaban J connectivity index is 2.14. The molecule has 0 atom stereocenters. The van der Waals surface area contributed by atoms with E-state index in [0.29, 0.717) is 34.4 Å². The zero-order chi connectivity index (χ0) is 19.1. The molecule has 2 aromatic rings. The molecule has 142 valence electrons. The van der Waals surface area contributed by atoms with Crippen molar-refractivity contribution in [3.63, 3.8) is 0 Å². The zero-order valence-electron chi connectivity index (χ0n) is 14.6. The highest BCUT2D eigenvalue weighted by atomic mass is 35.5. The smallest absolute Gasteiger partial charge is 0.387 e. The molecule has 2 rings (SSSR count). The fourth-order valence-electron chi connectivity index (χ4n) is 2.46. The van der Waals surface area contributed by atoms with E-state index in [0.717, 1.165) is 5.56 Å². The molecule has 0 saturated heterocycles. The van der Waals surface area contributed by atoms with Crippen molar-refractivity contribution in [2.45, 2.75) is 19.7 Å². The van der Waals surface area contributed by atoms with Crippen LogP contribution in [0.3, 0.4) is 0 Å². The lowest BCUT2D eigenvalue weighted by Gasteiger charge is -2.15. The largest absolute Gasteiger partial charge is 0.496 e. The Hall–Kier alpha value is -2.25. The summed E-state index contributed by atoms with van der Waals surface area (Å²) in [6.07, 6.45) is 0. The molecule has 0 aromatic heterocycles. The fraction of sp³-hybridized carbons (Fsp3) is 0.333. The molecular formula is C18H20ClF2NO4. The minimum atomic E-state index is -2.90. The van der Waals surface area contributed by atoms with Gasteiger partial charge in [-0.3, -0.25) is 0 Å². The average Bonchev–Trinajstić information content (AvgIpc) is 2.62. The molecule has 0 aliphatic carbocycles. The van der Waals surface area contributed by atoms with Gasteiger partial charge >= 0.3 is 6.61 Å². The van der Waals surface area contributed by atoms with Crippen molar-refractivity contribution in [2.75, 3.05) is 21.3 Å². The Morgan fingerprint density at radius 2 is 1.42 bits per heavy atom. The predicted octanol–water partition coefficient (Wildman–Crippen LogP) is 4.26. The van der Waals surface area contributed by atoms with Crippen molar-refractivity contribution < 1.29 is 27.7 Å². The summed E-state index contributed by atoms with van der Waals surface area (Å²) in [6, 6.07) is 8.01. The van der Waals surface area contributed by atoms with Gasteiger partial charge in [0.25, 0.3) is 0 Å². The van der Waals surface area contributed by atoms with Crippen LogP contribution < -0.4 is 24.3 Å². The van der Waals surface area contributed by atoms with E-state index < -0.39 is 6.61 Å². The molecule has 0 fully saturated rings. The van der Waals surface area contributed by atoms with Crippen LogP contribution in [0.5, 0.6) is 23.0 Å². The van der Waals surface area contributed by atoms with Gasteiger partial charge in [0, 0.05) is 35.3 Å². The number of methoxy groups -OCH3 is 3. The first kappa shape index (κ1) is 20.1. The summed E-state index contributed by atoms with van der Waals surface area (Å²) >= 11 is 5.95. The summed E-state index contributed by atoms with van der Waals surface area (Å²) in [5.74, 6) is 1.81. The van der Waals surface area contributed by atoms with Crippen LogP contribution in [-0.2, 0) is 13.1 Å². The molecule has 0 aliphatic rings. The molecule has 0 saturated carbocycles. The first-order valence-electron chi connectivity index (χ1n) is 7.71. The van der Waals surface area contributed by atoms with Crippen molar-refractivity contribution in [3.05, 3.63) is 46.5 Å². The molecule has 0 unspecified atom stereocenters. The molecule has 0 spiro atoms. The van der Waals surface area contributed by atoms with E-state index in [2.05, 4.69) is 10.1 Å². The number of hydrogen-bond acceptors (Lipinski definition) is 5. The van der Waals surface area contributed by atoms with E-state index >= 15 is 0 Å². The van der Waals surface area contributed by atoms with Crippen LogP contribution in [-0.4, -0.2) is 27.9 Å². The van der Waals surface area contributed by atoms with Crippen molar-refractivity contribution in [3.8, 4) is 23.0 Å². The molecule has 0 bridgehead atoms. The van der Waals surface area contributed by atoms with Crippen LogP contribution >= 0.6 is 11.6 Å². The first-order valence-corrected chi connectivity index (χ1v) is 8.09. The van der Waals surface area contributed by atoms with Crippen LogP contribution in [0.15, 0.2) is 30.3 Å². The van der Waals surface area contributed by atoms with Gasteiger partial charge in [0.1, 0.15) is 11.5 Å². The summed E-state index contributed by atoms with van der Waals surface area (Å²) in [5, 5.41) is 3.60. The van der Waals surface area contributed by atoms with E-state index in [4.69, 9.17) is 25.8 Å². The third kappa shape index (κ3) is 5.12. The maximum Gasteiger partial charge on any atom is 0.387 e. The second-order valence-electron chi connectivity index (χ2n) is 5.25. The maximum absolute atomic E-state index is 12.5. The number of alkyl halides is 2. The molecular weight excluding hydrogens is 368 g/mol. The molecule has 0 aliphatic heterocycles. The molecule has 8 heteroatoms. The van der Waals surface area contributed by atoms with Crippen molar-refractivity contribution in [1.82, 2.24) is 5.32 Å². The van der Waals surface area contributed by atoms with Crippen molar-refractivity contribution in [2.24, 2.45) is 0 Å². The highest BCUT2D eigenvalue weighted by molar-refractivity contribution is 6.30. The van der Waals surface area contributed by atoms with Gasteiger partial charge in [0.05, 0.1) is 21.3 Å². The molecule has 26 heavy (non-hydrogen) atoms. The Morgan fingerprint density at radius 1 is 0.846 bits per heavy atom. The first-order chi connectivity index (χ1) is 12.5. The molecule has 5 nitrogen and oxygen atoms in total. The van der Waals surface area contributed by atoms with E-state index in [1.165, 1.54) is 12.1 Å². The summed E-state index contributed by atoms with van der Waals surface area (Å²) in [5.41, 5.74) is 1.35. The summed E-state index contributed by atoms with van der Waals surface area (Å²) in [6.45, 7) is -2.22. The van der Waals surface area contributed by atoms with Gasteiger partial charge in [-0.2, -0.15) is 8.78 Å². The molecule has 2 aromatic carbocycles. The van der Waals surface area contributed by atoms with E-state index in [-0.39, 0.29) is 12.3 Å². The number of halogens is 3. The third-order valence-corrected chi connectivity index (χ3v) is 3.89. The normalized spacial score (nSPS) is 10.7. The quantitative estimate of drug-likeness (QED) is 0.696. The number of hydrogen-bond donors (Lipinski definition) is 1. The Labute approximate surface area is 155 Å². The summed E-state index contributed by atoms with van der Waals surface area (Å²) < 4.78 is 45.5. The van der Waals surface area contributed by atoms with Crippen LogP contribution in [0.25, 0.3) is 0 Å². The van der Waals surface area contributed by atoms with Crippen LogP contribution in [0.4, 0.5) is 8.78 Å². The van der Waals surface area contributed by atoms with Gasteiger partial charge in [-0.05, 0) is 24.3 Å². The molecule has 0 heterocycles. The Bertz CT molecular complexity index is 743. The standard InChI is InChI=1S/C18H20ClF2NO4/c1-23-15-8-17(25-3)16(24-2)7-12(15)10-22-9-11-6-13(19)4-5-14(11)26-18(20)21/h4-8,18,22H,9-10H2,1-3H3. The monoisotopic (exact) mass is 387 g/mol. The lowest BCUT2D eigenvalue weighted by molar-refractivity contribution is -0.0505. The topological polar surface area (TPSA) is 49.0 Å². The van der Waals surface area contributed by atoms with E-state index in [1.54, 1.807) is 39.5 Å². The average molecular weight is 388 g/mol. The van der Waals surface area contributed by atoms with E-state index in [1.807, 2.05) is 0 Å². The highest BCUT2D eigenvalue weighted by Gasteiger charge is 2.13. The maximum atomic E-state index is 12.5. The van der Waals surface area contributed by atoms with Gasteiger partial charge in [0.15, 0.2) is 11.5 Å². The number of rotatable bonds is 9. The molecule has 0 radical (unpaired) electrons. The predicted molar refractivity (Wildman–Crippen MR) is 94.7 cm³/mol. The van der Waals surface area contributed by atoms with Crippen LogP contribution in [0, 0.1) is 0 Å². The Kier molecular flexibility index (Phi) is 7.29.